The van der Waals surface area contributed by atoms with E-state index in [9.17, 15) is 14.0 Å². The SMILES string of the molecule is CCn1cc(C(=O)OCc2cc(F)cc3c2OC(c2ccsc2)OC3)c(=O)c2ccc(C)nc21. The molecule has 9 heteroatoms. The lowest BCUT2D eigenvalue weighted by molar-refractivity contribution is -0.112. The molecule has 0 radical (unpaired) electrons. The number of hydrogen-bond donors (Lipinski definition) is 0. The first-order chi connectivity index (χ1) is 16.4. The van der Waals surface area contributed by atoms with Gasteiger partial charge in [0.2, 0.25) is 11.7 Å². The Hall–Kier alpha value is -3.56. The number of hydrogen-bond acceptors (Lipinski definition) is 7. The zero-order valence-electron chi connectivity index (χ0n) is 18.5. The maximum atomic E-state index is 14.2. The average molecular weight is 481 g/mol. The van der Waals surface area contributed by atoms with Crippen LogP contribution in [0.25, 0.3) is 11.0 Å². The number of pyridine rings is 2. The van der Waals surface area contributed by atoms with Crippen LogP contribution in [-0.4, -0.2) is 15.5 Å². The minimum Gasteiger partial charge on any atom is -0.460 e. The lowest BCUT2D eigenvalue weighted by Gasteiger charge is -2.27. The highest BCUT2D eigenvalue weighted by molar-refractivity contribution is 7.07. The first kappa shape index (κ1) is 22.2. The molecule has 0 spiro atoms. The molecule has 4 heterocycles. The first-order valence-corrected chi connectivity index (χ1v) is 11.7. The Morgan fingerprint density at radius 2 is 2.18 bits per heavy atom. The van der Waals surface area contributed by atoms with Gasteiger partial charge in [0.15, 0.2) is 0 Å². The molecule has 174 valence electrons. The van der Waals surface area contributed by atoms with E-state index < -0.39 is 23.5 Å². The number of carbonyl (C=O) groups excluding carboxylic acids is 1. The van der Waals surface area contributed by atoms with Gasteiger partial charge in [-0.25, -0.2) is 14.2 Å². The molecule has 0 bridgehead atoms. The molecule has 1 aliphatic rings. The second-order valence-electron chi connectivity index (χ2n) is 7.93. The Labute approximate surface area is 198 Å². The highest BCUT2D eigenvalue weighted by Crippen LogP contribution is 2.37. The fourth-order valence-electron chi connectivity index (χ4n) is 3.92. The van der Waals surface area contributed by atoms with Crippen molar-refractivity contribution in [2.75, 3.05) is 0 Å². The lowest BCUT2D eigenvalue weighted by Crippen LogP contribution is -2.22. The number of aryl methyl sites for hydroxylation is 2. The van der Waals surface area contributed by atoms with E-state index in [-0.39, 0.29) is 18.8 Å². The van der Waals surface area contributed by atoms with Crippen molar-refractivity contribution in [2.24, 2.45) is 0 Å². The maximum absolute atomic E-state index is 14.2. The van der Waals surface area contributed by atoms with E-state index in [2.05, 4.69) is 4.98 Å². The molecule has 1 atom stereocenters. The summed E-state index contributed by atoms with van der Waals surface area (Å²) in [6.45, 7) is 4.15. The van der Waals surface area contributed by atoms with Crippen molar-refractivity contribution in [1.29, 1.82) is 0 Å². The van der Waals surface area contributed by atoms with Gasteiger partial charge in [0.05, 0.1) is 12.0 Å². The number of halogens is 1. The highest BCUT2D eigenvalue weighted by atomic mass is 32.1. The molecule has 0 aliphatic carbocycles. The van der Waals surface area contributed by atoms with Gasteiger partial charge < -0.3 is 18.8 Å². The van der Waals surface area contributed by atoms with E-state index in [1.54, 1.807) is 16.7 Å². The van der Waals surface area contributed by atoms with Crippen LogP contribution in [-0.2, 0) is 29.2 Å². The van der Waals surface area contributed by atoms with E-state index in [1.165, 1.54) is 29.7 Å². The van der Waals surface area contributed by atoms with Gasteiger partial charge in [-0.2, -0.15) is 11.3 Å². The standard InChI is InChI=1S/C25H21FN2O5S/c1-3-28-10-20(21(29)19-5-4-14(2)27-23(19)28)24(30)31-11-16-8-18(26)9-17-12-32-25(33-22(16)17)15-6-7-34-13-15/h4-10,13,25H,3,11-12H2,1-2H3. The molecular weight excluding hydrogens is 459 g/mol. The second kappa shape index (κ2) is 9.00. The molecule has 7 nitrogen and oxygen atoms in total. The molecule has 1 aromatic carbocycles. The zero-order chi connectivity index (χ0) is 23.8. The molecule has 1 aliphatic heterocycles. The third kappa shape index (κ3) is 4.08. The summed E-state index contributed by atoms with van der Waals surface area (Å²) in [7, 11) is 0. The van der Waals surface area contributed by atoms with Crippen molar-refractivity contribution in [2.45, 2.75) is 39.9 Å². The Morgan fingerprint density at radius 3 is 2.94 bits per heavy atom. The molecule has 0 N–H and O–H groups in total. The molecule has 3 aromatic heterocycles. The number of nitrogens with zero attached hydrogens (tertiary/aromatic N) is 2. The van der Waals surface area contributed by atoms with Crippen LogP contribution in [0.4, 0.5) is 4.39 Å². The third-order valence-corrected chi connectivity index (χ3v) is 6.32. The summed E-state index contributed by atoms with van der Waals surface area (Å²) in [4.78, 5) is 30.3. The van der Waals surface area contributed by atoms with Crippen molar-refractivity contribution in [3.63, 3.8) is 0 Å². The van der Waals surface area contributed by atoms with Crippen LogP contribution in [0.2, 0.25) is 0 Å². The van der Waals surface area contributed by atoms with Crippen LogP contribution in [0.5, 0.6) is 5.75 Å². The summed E-state index contributed by atoms with van der Waals surface area (Å²) in [5.74, 6) is -0.874. The van der Waals surface area contributed by atoms with Crippen molar-refractivity contribution < 1.29 is 23.4 Å². The number of aromatic nitrogens is 2. The Morgan fingerprint density at radius 1 is 1.32 bits per heavy atom. The number of carbonyl (C=O) groups is 1. The number of ether oxygens (including phenoxy) is 3. The van der Waals surface area contributed by atoms with Crippen LogP contribution >= 0.6 is 11.3 Å². The summed E-state index contributed by atoms with van der Waals surface area (Å²) in [6.07, 6.45) is 0.823. The minimum atomic E-state index is -0.797. The van der Waals surface area contributed by atoms with Crippen LogP contribution < -0.4 is 10.2 Å². The maximum Gasteiger partial charge on any atom is 0.344 e. The van der Waals surface area contributed by atoms with E-state index >= 15 is 0 Å². The summed E-state index contributed by atoms with van der Waals surface area (Å²) in [5.41, 5.74) is 2.45. The smallest absolute Gasteiger partial charge is 0.344 e. The van der Waals surface area contributed by atoms with Crippen LogP contribution in [0.3, 0.4) is 0 Å². The predicted molar refractivity (Wildman–Crippen MR) is 124 cm³/mol. The molecule has 4 aromatic rings. The van der Waals surface area contributed by atoms with Crippen LogP contribution in [0, 0.1) is 12.7 Å². The quantitative estimate of drug-likeness (QED) is 0.379. The summed E-state index contributed by atoms with van der Waals surface area (Å²) >= 11 is 1.51. The van der Waals surface area contributed by atoms with Crippen molar-refractivity contribution in [3.05, 3.63) is 91.3 Å². The summed E-state index contributed by atoms with van der Waals surface area (Å²) in [5, 5.41) is 4.16. The monoisotopic (exact) mass is 480 g/mol. The van der Waals surface area contributed by atoms with Gasteiger partial charge >= 0.3 is 5.97 Å². The number of fused-ring (bicyclic) bond motifs is 2. The van der Waals surface area contributed by atoms with Crippen LogP contribution in [0.1, 0.15) is 46.0 Å². The Balaban J connectivity index is 1.43. The van der Waals surface area contributed by atoms with E-state index in [0.717, 1.165) is 11.3 Å². The van der Waals surface area contributed by atoms with Gasteiger partial charge in [0, 0.05) is 40.5 Å². The fraction of sp³-hybridized carbons (Fsp3) is 0.240. The molecular formula is C25H21FN2O5S. The molecule has 1 unspecified atom stereocenters. The van der Waals surface area contributed by atoms with Gasteiger partial charge in [-0.1, -0.05) is 0 Å². The van der Waals surface area contributed by atoms with E-state index in [4.69, 9.17) is 14.2 Å². The molecule has 0 fully saturated rings. The molecule has 0 saturated heterocycles. The number of esters is 1. The molecule has 0 saturated carbocycles. The largest absolute Gasteiger partial charge is 0.460 e. The van der Waals surface area contributed by atoms with Gasteiger partial charge in [-0.3, -0.25) is 4.79 Å². The molecule has 34 heavy (non-hydrogen) atoms. The highest BCUT2D eigenvalue weighted by Gasteiger charge is 2.26. The topological polar surface area (TPSA) is 79.6 Å². The first-order valence-electron chi connectivity index (χ1n) is 10.7. The van der Waals surface area contributed by atoms with Crippen molar-refractivity contribution in [3.8, 4) is 5.75 Å². The second-order valence-corrected chi connectivity index (χ2v) is 8.71. The number of benzene rings is 1. The normalized spacial score (nSPS) is 15.1. The Kier molecular flexibility index (Phi) is 5.89. The Bertz CT molecular complexity index is 1450. The van der Waals surface area contributed by atoms with E-state index in [1.807, 2.05) is 30.7 Å². The van der Waals surface area contributed by atoms with Crippen molar-refractivity contribution >= 4 is 28.3 Å². The number of thiophene rings is 1. The zero-order valence-corrected chi connectivity index (χ0v) is 19.4. The van der Waals surface area contributed by atoms with Gasteiger partial charge in [0.1, 0.15) is 29.4 Å². The van der Waals surface area contributed by atoms with E-state index in [0.29, 0.717) is 34.5 Å². The van der Waals surface area contributed by atoms with Crippen LogP contribution in [0.15, 0.2) is 52.1 Å². The summed E-state index contributed by atoms with van der Waals surface area (Å²) in [6, 6.07) is 7.87. The molecule has 0 amide bonds. The fourth-order valence-corrected chi connectivity index (χ4v) is 4.59. The summed E-state index contributed by atoms with van der Waals surface area (Å²) < 4.78 is 33.1. The molecule has 5 rings (SSSR count). The minimum absolute atomic E-state index is 0.106. The average Bonchev–Trinajstić information content (AvgIpc) is 3.37. The lowest BCUT2D eigenvalue weighted by atomic mass is 10.1. The third-order valence-electron chi connectivity index (χ3n) is 5.62. The predicted octanol–water partition coefficient (Wildman–Crippen LogP) is 4.89. The number of rotatable bonds is 5. The van der Waals surface area contributed by atoms with Gasteiger partial charge in [0.25, 0.3) is 0 Å². The van der Waals surface area contributed by atoms with Crippen molar-refractivity contribution in [1.82, 2.24) is 9.55 Å². The van der Waals surface area contributed by atoms with Gasteiger partial charge in [-0.15, -0.1) is 0 Å². The van der Waals surface area contributed by atoms with Gasteiger partial charge in [-0.05, 0) is 49.6 Å².